The molecule has 1 aromatic rings. The summed E-state index contributed by atoms with van der Waals surface area (Å²) in [5.74, 6) is -0.325. The van der Waals surface area contributed by atoms with Crippen molar-refractivity contribution in [2.75, 3.05) is 24.6 Å². The van der Waals surface area contributed by atoms with Crippen LogP contribution in [0.3, 0.4) is 0 Å². The standard InChI is InChI=1S/C14H18FNO2/c1-2-18-12-5-7-16(8-6-12)14-4-3-11(10-17)9-13(14)15/h3-4,9-10,12H,2,5-8H2,1H3. The number of hydrogen-bond acceptors (Lipinski definition) is 3. The van der Waals surface area contributed by atoms with Crippen molar-refractivity contribution in [3.63, 3.8) is 0 Å². The molecule has 0 atom stereocenters. The van der Waals surface area contributed by atoms with Crippen molar-refractivity contribution >= 4 is 12.0 Å². The topological polar surface area (TPSA) is 29.5 Å². The van der Waals surface area contributed by atoms with Crippen LogP contribution in [0, 0.1) is 5.82 Å². The molecule has 98 valence electrons. The van der Waals surface area contributed by atoms with Crippen molar-refractivity contribution < 1.29 is 13.9 Å². The molecule has 1 aliphatic rings. The lowest BCUT2D eigenvalue weighted by atomic mass is 10.1. The van der Waals surface area contributed by atoms with Gasteiger partial charge in [0.1, 0.15) is 12.1 Å². The molecule has 0 saturated carbocycles. The Morgan fingerprint density at radius 1 is 1.44 bits per heavy atom. The number of halogens is 1. The second kappa shape index (κ2) is 5.96. The van der Waals surface area contributed by atoms with Crippen LogP contribution < -0.4 is 4.90 Å². The van der Waals surface area contributed by atoms with E-state index in [0.717, 1.165) is 32.5 Å². The van der Waals surface area contributed by atoms with E-state index in [4.69, 9.17) is 4.74 Å². The second-order valence-electron chi connectivity index (χ2n) is 4.47. The number of piperidine rings is 1. The van der Waals surface area contributed by atoms with E-state index in [1.807, 2.05) is 11.8 Å². The number of rotatable bonds is 4. The predicted molar refractivity (Wildman–Crippen MR) is 68.6 cm³/mol. The fourth-order valence-corrected chi connectivity index (χ4v) is 2.35. The molecule has 0 N–H and O–H groups in total. The molecule has 3 nitrogen and oxygen atoms in total. The highest BCUT2D eigenvalue weighted by Crippen LogP contribution is 2.24. The van der Waals surface area contributed by atoms with Gasteiger partial charge in [0.25, 0.3) is 0 Å². The average molecular weight is 251 g/mol. The lowest BCUT2D eigenvalue weighted by molar-refractivity contribution is 0.0458. The average Bonchev–Trinajstić information content (AvgIpc) is 2.40. The summed E-state index contributed by atoms with van der Waals surface area (Å²) in [6, 6.07) is 4.62. The van der Waals surface area contributed by atoms with Crippen LogP contribution in [0.2, 0.25) is 0 Å². The van der Waals surface area contributed by atoms with Crippen LogP contribution in [0.25, 0.3) is 0 Å². The van der Waals surface area contributed by atoms with E-state index in [2.05, 4.69) is 0 Å². The van der Waals surface area contributed by atoms with Crippen LogP contribution >= 0.6 is 0 Å². The fraction of sp³-hybridized carbons (Fsp3) is 0.500. The summed E-state index contributed by atoms with van der Waals surface area (Å²) >= 11 is 0. The van der Waals surface area contributed by atoms with Gasteiger partial charge >= 0.3 is 0 Å². The molecule has 0 spiro atoms. The summed E-state index contributed by atoms with van der Waals surface area (Å²) in [5, 5.41) is 0. The third-order valence-electron chi connectivity index (χ3n) is 3.29. The van der Waals surface area contributed by atoms with Crippen LogP contribution in [0.4, 0.5) is 10.1 Å². The van der Waals surface area contributed by atoms with Crippen molar-refractivity contribution in [1.82, 2.24) is 0 Å². The molecule has 0 aliphatic carbocycles. The number of benzene rings is 1. The number of anilines is 1. The molecule has 0 amide bonds. The molecule has 4 heteroatoms. The number of carbonyl (C=O) groups excluding carboxylic acids is 1. The van der Waals surface area contributed by atoms with Crippen LogP contribution in [0.1, 0.15) is 30.1 Å². The first-order valence-corrected chi connectivity index (χ1v) is 6.36. The van der Waals surface area contributed by atoms with E-state index in [-0.39, 0.29) is 5.82 Å². The minimum Gasteiger partial charge on any atom is -0.378 e. The summed E-state index contributed by atoms with van der Waals surface area (Å²) in [4.78, 5) is 12.6. The minimum atomic E-state index is -0.325. The van der Waals surface area contributed by atoms with E-state index in [9.17, 15) is 9.18 Å². The highest BCUT2D eigenvalue weighted by Gasteiger charge is 2.21. The van der Waals surface area contributed by atoms with E-state index >= 15 is 0 Å². The van der Waals surface area contributed by atoms with E-state index < -0.39 is 0 Å². The Labute approximate surface area is 107 Å². The molecule has 0 unspecified atom stereocenters. The zero-order valence-electron chi connectivity index (χ0n) is 10.6. The Bertz CT molecular complexity index is 414. The molecule has 1 heterocycles. The highest BCUT2D eigenvalue weighted by atomic mass is 19.1. The SMILES string of the molecule is CCOC1CCN(c2ccc(C=O)cc2F)CC1. The molecule has 0 aromatic heterocycles. The number of hydrogen-bond donors (Lipinski definition) is 0. The van der Waals surface area contributed by atoms with Crippen molar-refractivity contribution in [2.24, 2.45) is 0 Å². The summed E-state index contributed by atoms with van der Waals surface area (Å²) in [6.45, 7) is 4.31. The summed E-state index contributed by atoms with van der Waals surface area (Å²) < 4.78 is 19.4. The van der Waals surface area contributed by atoms with E-state index in [1.54, 1.807) is 12.1 Å². The van der Waals surface area contributed by atoms with Gasteiger partial charge in [0.15, 0.2) is 0 Å². The lowest BCUT2D eigenvalue weighted by Gasteiger charge is -2.33. The van der Waals surface area contributed by atoms with Crippen LogP contribution in [-0.2, 0) is 4.74 Å². The maximum atomic E-state index is 13.8. The summed E-state index contributed by atoms with van der Waals surface area (Å²) in [7, 11) is 0. The Morgan fingerprint density at radius 3 is 2.72 bits per heavy atom. The molecule has 1 aromatic carbocycles. The lowest BCUT2D eigenvalue weighted by Crippen LogP contribution is -2.37. The van der Waals surface area contributed by atoms with Gasteiger partial charge in [0, 0.05) is 25.3 Å². The van der Waals surface area contributed by atoms with Gasteiger partial charge in [-0.3, -0.25) is 4.79 Å². The number of nitrogens with zero attached hydrogens (tertiary/aromatic N) is 1. The first-order chi connectivity index (χ1) is 8.74. The Kier molecular flexibility index (Phi) is 4.31. The van der Waals surface area contributed by atoms with Crippen LogP contribution in [0.15, 0.2) is 18.2 Å². The fourth-order valence-electron chi connectivity index (χ4n) is 2.35. The van der Waals surface area contributed by atoms with Crippen molar-refractivity contribution in [1.29, 1.82) is 0 Å². The second-order valence-corrected chi connectivity index (χ2v) is 4.47. The van der Waals surface area contributed by atoms with E-state index in [0.29, 0.717) is 23.6 Å². The summed E-state index contributed by atoms with van der Waals surface area (Å²) in [5.41, 5.74) is 0.955. The monoisotopic (exact) mass is 251 g/mol. The Balaban J connectivity index is 2.03. The normalized spacial score (nSPS) is 16.9. The number of carbonyl (C=O) groups is 1. The predicted octanol–water partition coefficient (Wildman–Crippen LogP) is 2.64. The number of aldehydes is 1. The maximum Gasteiger partial charge on any atom is 0.150 e. The third kappa shape index (κ3) is 2.88. The first kappa shape index (κ1) is 13.0. The molecule has 18 heavy (non-hydrogen) atoms. The van der Waals surface area contributed by atoms with Gasteiger partial charge in [0.05, 0.1) is 11.8 Å². The molecule has 1 fully saturated rings. The Morgan fingerprint density at radius 2 is 2.17 bits per heavy atom. The van der Waals surface area contributed by atoms with Gasteiger partial charge in [-0.15, -0.1) is 0 Å². The molecule has 1 aliphatic heterocycles. The van der Waals surface area contributed by atoms with Gasteiger partial charge in [0.2, 0.25) is 0 Å². The largest absolute Gasteiger partial charge is 0.378 e. The summed E-state index contributed by atoms with van der Waals surface area (Å²) in [6.07, 6.45) is 2.79. The molecule has 2 rings (SSSR count). The van der Waals surface area contributed by atoms with Gasteiger partial charge in [-0.25, -0.2) is 4.39 Å². The number of ether oxygens (including phenoxy) is 1. The smallest absolute Gasteiger partial charge is 0.150 e. The molecule has 0 radical (unpaired) electrons. The maximum absolute atomic E-state index is 13.8. The third-order valence-corrected chi connectivity index (χ3v) is 3.29. The minimum absolute atomic E-state index is 0.295. The molecule has 0 bridgehead atoms. The zero-order valence-corrected chi connectivity index (χ0v) is 10.6. The Hall–Kier alpha value is -1.42. The van der Waals surface area contributed by atoms with Gasteiger partial charge in [-0.2, -0.15) is 0 Å². The van der Waals surface area contributed by atoms with Crippen molar-refractivity contribution in [3.05, 3.63) is 29.6 Å². The van der Waals surface area contributed by atoms with Gasteiger partial charge in [-0.1, -0.05) is 0 Å². The van der Waals surface area contributed by atoms with Crippen molar-refractivity contribution in [3.8, 4) is 0 Å². The quantitative estimate of drug-likeness (QED) is 0.770. The van der Waals surface area contributed by atoms with Gasteiger partial charge < -0.3 is 9.64 Å². The molecular weight excluding hydrogens is 233 g/mol. The molecule has 1 saturated heterocycles. The first-order valence-electron chi connectivity index (χ1n) is 6.36. The zero-order chi connectivity index (χ0) is 13.0. The molecular formula is C14H18FNO2. The van der Waals surface area contributed by atoms with Crippen molar-refractivity contribution in [2.45, 2.75) is 25.9 Å². The van der Waals surface area contributed by atoms with Gasteiger partial charge in [-0.05, 0) is 38.0 Å². The highest BCUT2D eigenvalue weighted by molar-refractivity contribution is 5.76. The van der Waals surface area contributed by atoms with Crippen LogP contribution in [-0.4, -0.2) is 32.1 Å². The van der Waals surface area contributed by atoms with E-state index in [1.165, 1.54) is 6.07 Å². The van der Waals surface area contributed by atoms with Crippen LogP contribution in [0.5, 0.6) is 0 Å².